The molecule has 2 rings (SSSR count). The van der Waals surface area contributed by atoms with Crippen LogP contribution in [0.4, 0.5) is 0 Å². The quantitative estimate of drug-likeness (QED) is 0.819. The van der Waals surface area contributed by atoms with E-state index in [1.807, 2.05) is 31.2 Å². The van der Waals surface area contributed by atoms with Crippen molar-refractivity contribution in [2.75, 3.05) is 0 Å². The molecule has 0 saturated heterocycles. The third-order valence-corrected chi connectivity index (χ3v) is 4.03. The van der Waals surface area contributed by atoms with Gasteiger partial charge in [0.2, 0.25) is 5.91 Å². The van der Waals surface area contributed by atoms with Gasteiger partial charge in [-0.25, -0.2) is 0 Å². The molecule has 1 aliphatic carbocycles. The summed E-state index contributed by atoms with van der Waals surface area (Å²) in [6, 6.07) is 8.30. The number of benzene rings is 1. The van der Waals surface area contributed by atoms with Crippen LogP contribution in [0.25, 0.3) is 0 Å². The summed E-state index contributed by atoms with van der Waals surface area (Å²) in [6.07, 6.45) is 6.08. The average molecular weight is 260 g/mol. The van der Waals surface area contributed by atoms with Crippen LogP contribution in [-0.4, -0.2) is 18.0 Å². The molecule has 0 aliphatic heterocycles. The second-order valence-electron chi connectivity index (χ2n) is 5.58. The number of amides is 1. The molecule has 1 amide bonds. The van der Waals surface area contributed by atoms with Gasteiger partial charge < -0.3 is 11.1 Å². The van der Waals surface area contributed by atoms with E-state index >= 15 is 0 Å². The Kier molecular flexibility index (Phi) is 4.97. The molecule has 1 aromatic rings. The van der Waals surface area contributed by atoms with E-state index in [-0.39, 0.29) is 18.0 Å². The van der Waals surface area contributed by atoms with Crippen LogP contribution in [0.1, 0.15) is 43.2 Å². The minimum Gasteiger partial charge on any atom is -0.352 e. The maximum Gasteiger partial charge on any atom is 0.224 e. The number of hydrogen-bond acceptors (Lipinski definition) is 2. The van der Waals surface area contributed by atoms with Crippen LogP contribution in [-0.2, 0) is 11.2 Å². The Morgan fingerprint density at radius 3 is 2.79 bits per heavy atom. The van der Waals surface area contributed by atoms with Crippen molar-refractivity contribution in [2.45, 2.75) is 57.5 Å². The molecule has 1 aliphatic rings. The molecule has 1 fully saturated rings. The van der Waals surface area contributed by atoms with Gasteiger partial charge in [0.05, 0.1) is 6.42 Å². The van der Waals surface area contributed by atoms with Gasteiger partial charge in [0, 0.05) is 12.1 Å². The lowest BCUT2D eigenvalue weighted by Gasteiger charge is -2.22. The lowest BCUT2D eigenvalue weighted by Crippen LogP contribution is -2.47. The maximum absolute atomic E-state index is 12.1. The number of nitrogens with two attached hydrogens (primary N) is 1. The maximum atomic E-state index is 12.1. The smallest absolute Gasteiger partial charge is 0.224 e. The average Bonchev–Trinajstić information content (AvgIpc) is 2.58. The molecule has 0 aromatic heterocycles. The Labute approximate surface area is 115 Å². The zero-order valence-corrected chi connectivity index (χ0v) is 11.7. The first-order chi connectivity index (χ1) is 9.16. The zero-order valence-electron chi connectivity index (χ0n) is 11.7. The number of carbonyl (C=O) groups excluding carboxylic acids is 1. The summed E-state index contributed by atoms with van der Waals surface area (Å²) in [5.41, 5.74) is 8.40. The van der Waals surface area contributed by atoms with E-state index in [0.29, 0.717) is 6.42 Å². The third-order valence-electron chi connectivity index (χ3n) is 4.03. The minimum absolute atomic E-state index is 0.0941. The fourth-order valence-corrected chi connectivity index (χ4v) is 2.75. The second kappa shape index (κ2) is 6.71. The van der Waals surface area contributed by atoms with Crippen molar-refractivity contribution in [3.8, 4) is 0 Å². The van der Waals surface area contributed by atoms with Crippen molar-refractivity contribution in [3.63, 3.8) is 0 Å². The van der Waals surface area contributed by atoms with Crippen molar-refractivity contribution >= 4 is 5.91 Å². The van der Waals surface area contributed by atoms with Gasteiger partial charge in [-0.1, -0.05) is 43.5 Å². The van der Waals surface area contributed by atoms with Gasteiger partial charge in [-0.2, -0.15) is 0 Å². The summed E-state index contributed by atoms with van der Waals surface area (Å²) in [4.78, 5) is 12.1. The first-order valence-electron chi connectivity index (χ1n) is 7.26. The fourth-order valence-electron chi connectivity index (χ4n) is 2.75. The Hall–Kier alpha value is -1.35. The number of carbonyl (C=O) groups is 1. The summed E-state index contributed by atoms with van der Waals surface area (Å²) in [7, 11) is 0. The summed E-state index contributed by atoms with van der Waals surface area (Å²) >= 11 is 0. The number of rotatable bonds is 3. The second-order valence-corrected chi connectivity index (χ2v) is 5.58. The molecule has 0 spiro atoms. The molecule has 3 heteroatoms. The van der Waals surface area contributed by atoms with E-state index in [1.54, 1.807) is 0 Å². The van der Waals surface area contributed by atoms with E-state index in [4.69, 9.17) is 5.73 Å². The first-order valence-corrected chi connectivity index (χ1v) is 7.26. The van der Waals surface area contributed by atoms with Gasteiger partial charge >= 0.3 is 0 Å². The monoisotopic (exact) mass is 260 g/mol. The van der Waals surface area contributed by atoms with E-state index in [2.05, 4.69) is 5.32 Å². The molecule has 1 aromatic carbocycles. The Bertz CT molecular complexity index is 431. The van der Waals surface area contributed by atoms with Gasteiger partial charge in [0.25, 0.3) is 0 Å². The first kappa shape index (κ1) is 14.1. The molecule has 2 unspecified atom stereocenters. The van der Waals surface area contributed by atoms with E-state index in [9.17, 15) is 4.79 Å². The minimum atomic E-state index is 0.0941. The SMILES string of the molecule is Cc1ccccc1CC(=O)NC1CCCCCC1N. The highest BCUT2D eigenvalue weighted by Crippen LogP contribution is 2.17. The Morgan fingerprint density at radius 2 is 2.00 bits per heavy atom. The van der Waals surface area contributed by atoms with Crippen LogP contribution < -0.4 is 11.1 Å². The van der Waals surface area contributed by atoms with Crippen LogP contribution in [0.15, 0.2) is 24.3 Å². The number of hydrogen-bond donors (Lipinski definition) is 2. The molecule has 0 bridgehead atoms. The molecule has 0 radical (unpaired) electrons. The van der Waals surface area contributed by atoms with E-state index in [1.165, 1.54) is 24.8 Å². The lowest BCUT2D eigenvalue weighted by atomic mass is 10.0. The largest absolute Gasteiger partial charge is 0.352 e. The van der Waals surface area contributed by atoms with Gasteiger partial charge in [-0.15, -0.1) is 0 Å². The summed E-state index contributed by atoms with van der Waals surface area (Å²) < 4.78 is 0. The molecule has 19 heavy (non-hydrogen) atoms. The van der Waals surface area contributed by atoms with E-state index in [0.717, 1.165) is 18.4 Å². The van der Waals surface area contributed by atoms with Gasteiger partial charge in [-0.3, -0.25) is 4.79 Å². The molecule has 1 saturated carbocycles. The molecule has 2 atom stereocenters. The normalized spacial score (nSPS) is 23.7. The predicted octanol–water partition coefficient (Wildman–Crippen LogP) is 2.31. The van der Waals surface area contributed by atoms with Crippen LogP contribution in [0.2, 0.25) is 0 Å². The lowest BCUT2D eigenvalue weighted by molar-refractivity contribution is -0.121. The zero-order chi connectivity index (χ0) is 13.7. The standard InChI is InChI=1S/C16H24N2O/c1-12-7-5-6-8-13(12)11-16(19)18-15-10-4-2-3-9-14(15)17/h5-8,14-15H,2-4,9-11,17H2,1H3,(H,18,19). The summed E-state index contributed by atoms with van der Waals surface area (Å²) in [6.45, 7) is 2.04. The van der Waals surface area contributed by atoms with Crippen molar-refractivity contribution in [2.24, 2.45) is 5.73 Å². The number of aryl methyl sites for hydroxylation is 1. The van der Waals surface area contributed by atoms with Crippen LogP contribution in [0.5, 0.6) is 0 Å². The Morgan fingerprint density at radius 1 is 1.26 bits per heavy atom. The molecule has 0 heterocycles. The summed E-state index contributed by atoms with van der Waals surface area (Å²) in [5.74, 6) is 0.0941. The van der Waals surface area contributed by atoms with Gasteiger partial charge in [-0.05, 0) is 30.9 Å². The van der Waals surface area contributed by atoms with Crippen LogP contribution >= 0.6 is 0 Å². The van der Waals surface area contributed by atoms with Crippen LogP contribution in [0, 0.1) is 6.92 Å². The van der Waals surface area contributed by atoms with Gasteiger partial charge in [0.1, 0.15) is 0 Å². The molecule has 3 N–H and O–H groups in total. The highest BCUT2D eigenvalue weighted by atomic mass is 16.1. The topological polar surface area (TPSA) is 55.1 Å². The molecule has 104 valence electrons. The van der Waals surface area contributed by atoms with Crippen LogP contribution in [0.3, 0.4) is 0 Å². The Balaban J connectivity index is 1.92. The van der Waals surface area contributed by atoms with Crippen molar-refractivity contribution in [1.29, 1.82) is 0 Å². The van der Waals surface area contributed by atoms with Crippen molar-refractivity contribution in [1.82, 2.24) is 5.32 Å². The third kappa shape index (κ3) is 4.06. The highest BCUT2D eigenvalue weighted by Gasteiger charge is 2.22. The summed E-state index contributed by atoms with van der Waals surface area (Å²) in [5, 5.41) is 3.12. The van der Waals surface area contributed by atoms with E-state index < -0.39 is 0 Å². The molecule has 3 nitrogen and oxygen atoms in total. The number of nitrogens with one attached hydrogen (secondary N) is 1. The molecular formula is C16H24N2O. The predicted molar refractivity (Wildman–Crippen MR) is 77.9 cm³/mol. The van der Waals surface area contributed by atoms with Crippen molar-refractivity contribution < 1.29 is 4.79 Å². The van der Waals surface area contributed by atoms with Gasteiger partial charge in [0.15, 0.2) is 0 Å². The van der Waals surface area contributed by atoms with Crippen molar-refractivity contribution in [3.05, 3.63) is 35.4 Å². The highest BCUT2D eigenvalue weighted by molar-refractivity contribution is 5.79. The fraction of sp³-hybridized carbons (Fsp3) is 0.562. The molecular weight excluding hydrogens is 236 g/mol.